The summed E-state index contributed by atoms with van der Waals surface area (Å²) in [6.45, 7) is 0.253. The van der Waals surface area contributed by atoms with Gasteiger partial charge in [-0.1, -0.05) is 6.07 Å². The molecule has 0 amide bonds. The number of methoxy groups -OCH3 is 2. The fourth-order valence-corrected chi connectivity index (χ4v) is 5.84. The van der Waals surface area contributed by atoms with E-state index in [4.69, 9.17) is 18.9 Å². The van der Waals surface area contributed by atoms with Gasteiger partial charge in [0.25, 0.3) is 0 Å². The maximum atomic E-state index is 12.8. The highest BCUT2D eigenvalue weighted by atomic mass is 16.7. The molecule has 128 valence electrons. The zero-order chi connectivity index (χ0) is 16.5. The molecule has 3 aliphatic carbocycles. The molecule has 1 aliphatic heterocycles. The van der Waals surface area contributed by atoms with Crippen molar-refractivity contribution in [1.29, 1.82) is 0 Å². The molecular formula is C19H22O5. The van der Waals surface area contributed by atoms with E-state index in [0.29, 0.717) is 18.1 Å². The minimum absolute atomic E-state index is 0.0455. The zero-order valence-electron chi connectivity index (χ0n) is 14.0. The van der Waals surface area contributed by atoms with E-state index in [0.717, 1.165) is 30.8 Å². The second-order valence-electron chi connectivity index (χ2n) is 7.46. The summed E-state index contributed by atoms with van der Waals surface area (Å²) in [4.78, 5) is 12.8. The van der Waals surface area contributed by atoms with Gasteiger partial charge in [-0.3, -0.25) is 4.79 Å². The molecular weight excluding hydrogens is 308 g/mol. The SMILES string of the molecule is COCO[C@H]1CC[C@@H]2[C@@H]3Cc4ccc(OC)c5c4[C@]2(CC3=O)[C@@H]1O5. The van der Waals surface area contributed by atoms with Crippen molar-refractivity contribution in [3.05, 3.63) is 23.3 Å². The Kier molecular flexibility index (Phi) is 3.04. The first-order valence-corrected chi connectivity index (χ1v) is 8.71. The topological polar surface area (TPSA) is 54.0 Å². The fraction of sp³-hybridized carbons (Fsp3) is 0.632. The maximum absolute atomic E-state index is 12.8. The van der Waals surface area contributed by atoms with Gasteiger partial charge in [-0.25, -0.2) is 0 Å². The average molecular weight is 330 g/mol. The van der Waals surface area contributed by atoms with Crippen LogP contribution in [-0.4, -0.2) is 39.0 Å². The lowest BCUT2D eigenvalue weighted by atomic mass is 9.57. The summed E-state index contributed by atoms with van der Waals surface area (Å²) >= 11 is 0. The van der Waals surface area contributed by atoms with Gasteiger partial charge in [0, 0.05) is 30.4 Å². The van der Waals surface area contributed by atoms with E-state index in [9.17, 15) is 4.79 Å². The summed E-state index contributed by atoms with van der Waals surface area (Å²) in [5, 5.41) is 0. The summed E-state index contributed by atoms with van der Waals surface area (Å²) in [7, 11) is 3.30. The first-order chi connectivity index (χ1) is 11.7. The molecule has 2 fully saturated rings. The molecule has 2 saturated carbocycles. The Morgan fingerprint density at radius 3 is 2.96 bits per heavy atom. The number of Topliss-reactive ketones (excluding diaryl/α,β-unsaturated/α-hetero) is 1. The van der Waals surface area contributed by atoms with Crippen LogP contribution in [0.4, 0.5) is 0 Å². The van der Waals surface area contributed by atoms with Crippen molar-refractivity contribution in [2.45, 2.75) is 43.3 Å². The molecule has 5 nitrogen and oxygen atoms in total. The van der Waals surface area contributed by atoms with Crippen molar-refractivity contribution in [3.63, 3.8) is 0 Å². The largest absolute Gasteiger partial charge is 0.493 e. The first-order valence-electron chi connectivity index (χ1n) is 8.71. The normalized spacial score (nSPS) is 38.0. The molecule has 0 radical (unpaired) electrons. The molecule has 2 bridgehead atoms. The molecule has 0 N–H and O–H groups in total. The molecule has 1 aromatic rings. The smallest absolute Gasteiger partial charge is 0.165 e. The Labute approximate surface area is 141 Å². The van der Waals surface area contributed by atoms with Crippen molar-refractivity contribution in [2.24, 2.45) is 11.8 Å². The highest BCUT2D eigenvalue weighted by Crippen LogP contribution is 2.66. The Hall–Kier alpha value is -1.59. The second-order valence-corrected chi connectivity index (χ2v) is 7.46. The van der Waals surface area contributed by atoms with Crippen molar-refractivity contribution >= 4 is 5.78 Å². The number of hydrogen-bond acceptors (Lipinski definition) is 5. The summed E-state index contributed by atoms with van der Waals surface area (Å²) in [6, 6.07) is 4.09. The van der Waals surface area contributed by atoms with Crippen LogP contribution >= 0.6 is 0 Å². The first kappa shape index (κ1) is 14.7. The van der Waals surface area contributed by atoms with Gasteiger partial charge in [0.2, 0.25) is 0 Å². The zero-order valence-corrected chi connectivity index (χ0v) is 14.0. The second kappa shape index (κ2) is 4.96. The van der Waals surface area contributed by atoms with Crippen molar-refractivity contribution in [3.8, 4) is 11.5 Å². The van der Waals surface area contributed by atoms with Crippen LogP contribution in [0.15, 0.2) is 12.1 Å². The number of hydrogen-bond donors (Lipinski definition) is 0. The molecule has 1 heterocycles. The Morgan fingerprint density at radius 1 is 1.29 bits per heavy atom. The van der Waals surface area contributed by atoms with Crippen molar-refractivity contribution in [1.82, 2.24) is 0 Å². The molecule has 1 aromatic carbocycles. The highest BCUT2D eigenvalue weighted by molar-refractivity contribution is 5.89. The third-order valence-electron chi connectivity index (χ3n) is 6.61. The molecule has 0 saturated heterocycles. The third kappa shape index (κ3) is 1.60. The van der Waals surface area contributed by atoms with Gasteiger partial charge in [-0.05, 0) is 36.8 Å². The molecule has 0 unspecified atom stereocenters. The summed E-state index contributed by atoms with van der Waals surface area (Å²) in [5.74, 6) is 2.51. The molecule has 5 atom stereocenters. The number of carbonyl (C=O) groups is 1. The van der Waals surface area contributed by atoms with Gasteiger partial charge in [-0.15, -0.1) is 0 Å². The van der Waals surface area contributed by atoms with Crippen LogP contribution in [0.1, 0.15) is 30.4 Å². The Balaban J connectivity index is 1.69. The number of ether oxygens (including phenoxy) is 4. The molecule has 24 heavy (non-hydrogen) atoms. The van der Waals surface area contributed by atoms with Crippen LogP contribution in [0.3, 0.4) is 0 Å². The van der Waals surface area contributed by atoms with Gasteiger partial charge in [0.1, 0.15) is 18.7 Å². The van der Waals surface area contributed by atoms with E-state index < -0.39 is 0 Å². The van der Waals surface area contributed by atoms with Crippen molar-refractivity contribution in [2.75, 3.05) is 21.0 Å². The quantitative estimate of drug-likeness (QED) is 0.793. The predicted molar refractivity (Wildman–Crippen MR) is 85.4 cm³/mol. The van der Waals surface area contributed by atoms with Crippen LogP contribution in [0, 0.1) is 11.8 Å². The maximum Gasteiger partial charge on any atom is 0.165 e. The molecule has 5 heteroatoms. The van der Waals surface area contributed by atoms with E-state index in [-0.39, 0.29) is 30.3 Å². The minimum Gasteiger partial charge on any atom is -0.493 e. The molecule has 1 spiro atoms. The number of benzene rings is 1. The summed E-state index contributed by atoms with van der Waals surface area (Å²) in [6.07, 6.45) is 3.18. The highest BCUT2D eigenvalue weighted by Gasteiger charge is 2.69. The molecule has 0 aromatic heterocycles. The Bertz CT molecular complexity index is 714. The fourth-order valence-electron chi connectivity index (χ4n) is 5.84. The third-order valence-corrected chi connectivity index (χ3v) is 6.61. The van der Waals surface area contributed by atoms with E-state index >= 15 is 0 Å². The minimum atomic E-state index is -0.226. The van der Waals surface area contributed by atoms with Crippen molar-refractivity contribution < 1.29 is 23.7 Å². The van der Waals surface area contributed by atoms with Crippen LogP contribution in [0.25, 0.3) is 0 Å². The van der Waals surface area contributed by atoms with E-state index in [1.54, 1.807) is 14.2 Å². The van der Waals surface area contributed by atoms with Crippen LogP contribution < -0.4 is 9.47 Å². The average Bonchev–Trinajstić information content (AvgIpc) is 3.03. The molecule has 5 rings (SSSR count). The van der Waals surface area contributed by atoms with Crippen LogP contribution in [0.2, 0.25) is 0 Å². The monoisotopic (exact) mass is 330 g/mol. The Morgan fingerprint density at radius 2 is 2.17 bits per heavy atom. The standard InChI is InChI=1S/C19H22O5/c1-21-9-23-15-6-4-12-11-7-10-3-5-14(22-2)17-16(10)19(12,8-13(11)20)18(15)24-17/h3,5,11-12,15,18H,4,6-9H2,1-2H3/t11-,12+,15-,18+,19+/m0/s1. The number of rotatable bonds is 4. The van der Waals surface area contributed by atoms with Crippen LogP contribution in [0.5, 0.6) is 11.5 Å². The van der Waals surface area contributed by atoms with Gasteiger partial charge in [0.05, 0.1) is 13.2 Å². The summed E-state index contributed by atoms with van der Waals surface area (Å²) < 4.78 is 23.0. The van der Waals surface area contributed by atoms with Crippen LogP contribution in [-0.2, 0) is 26.1 Å². The lowest BCUT2D eigenvalue weighted by Gasteiger charge is -2.47. The van der Waals surface area contributed by atoms with Gasteiger partial charge >= 0.3 is 0 Å². The van der Waals surface area contributed by atoms with Gasteiger partial charge in [-0.2, -0.15) is 0 Å². The summed E-state index contributed by atoms with van der Waals surface area (Å²) in [5.41, 5.74) is 2.26. The lowest BCUT2D eigenvalue weighted by Crippen LogP contribution is -2.55. The van der Waals surface area contributed by atoms with Gasteiger partial charge in [0.15, 0.2) is 11.5 Å². The van der Waals surface area contributed by atoms with E-state index in [1.807, 2.05) is 6.07 Å². The van der Waals surface area contributed by atoms with E-state index in [2.05, 4.69) is 6.07 Å². The van der Waals surface area contributed by atoms with E-state index in [1.165, 1.54) is 11.1 Å². The number of carbonyl (C=O) groups excluding carboxylic acids is 1. The number of ketones is 1. The predicted octanol–water partition coefficient (Wildman–Crippen LogP) is 2.24. The van der Waals surface area contributed by atoms with Gasteiger partial charge < -0.3 is 18.9 Å². The lowest BCUT2D eigenvalue weighted by molar-refractivity contribution is -0.139. The molecule has 4 aliphatic rings.